The van der Waals surface area contributed by atoms with Crippen LogP contribution >= 0.6 is 38.5 Å². The molecule has 1 aromatic heterocycles. The van der Waals surface area contributed by atoms with E-state index in [2.05, 4.69) is 21.2 Å². The Kier molecular flexibility index (Phi) is 4.98. The van der Waals surface area contributed by atoms with Crippen LogP contribution < -0.4 is 5.32 Å². The fourth-order valence-corrected chi connectivity index (χ4v) is 2.13. The third-order valence-electron chi connectivity index (χ3n) is 2.35. The molecule has 0 saturated carbocycles. The predicted octanol–water partition coefficient (Wildman–Crippen LogP) is 4.19. The standard InChI is InChI=1S/C14H8BrIN2O2/c15-10-1-3-11(4-2-10)18-14(19)9(8-17)7-12-5-6-13(16)20-12/h1-7H,(H,18,19)/b9-7-. The number of furan rings is 1. The molecule has 2 rings (SSSR count). The maximum Gasteiger partial charge on any atom is 0.266 e. The zero-order chi connectivity index (χ0) is 14.5. The van der Waals surface area contributed by atoms with Crippen molar-refractivity contribution in [3.05, 3.63) is 56.0 Å². The summed E-state index contributed by atoms with van der Waals surface area (Å²) in [5.41, 5.74) is 0.604. The molecule has 0 atom stereocenters. The molecule has 0 spiro atoms. The second-order valence-corrected chi connectivity index (χ2v) is 5.75. The molecular weight excluding hydrogens is 435 g/mol. The van der Waals surface area contributed by atoms with Crippen molar-refractivity contribution in [3.8, 4) is 6.07 Å². The number of anilines is 1. The van der Waals surface area contributed by atoms with Gasteiger partial charge in [-0.2, -0.15) is 5.26 Å². The molecule has 0 aliphatic rings. The van der Waals surface area contributed by atoms with Gasteiger partial charge in [-0.25, -0.2) is 0 Å². The van der Waals surface area contributed by atoms with Gasteiger partial charge in [0.05, 0.1) is 0 Å². The molecule has 6 heteroatoms. The second kappa shape index (κ2) is 6.72. The van der Waals surface area contributed by atoms with Gasteiger partial charge in [0, 0.05) is 16.2 Å². The largest absolute Gasteiger partial charge is 0.451 e. The molecular formula is C14H8BrIN2O2. The van der Waals surface area contributed by atoms with Crippen LogP contribution in [-0.2, 0) is 4.79 Å². The molecule has 0 fully saturated rings. The van der Waals surface area contributed by atoms with Crippen molar-refractivity contribution < 1.29 is 9.21 Å². The first-order valence-corrected chi connectivity index (χ1v) is 7.40. The van der Waals surface area contributed by atoms with Gasteiger partial charge in [-0.05, 0) is 59.0 Å². The van der Waals surface area contributed by atoms with E-state index in [1.165, 1.54) is 6.08 Å². The van der Waals surface area contributed by atoms with Crippen molar-refractivity contribution in [1.29, 1.82) is 5.26 Å². The minimum absolute atomic E-state index is 0.0151. The van der Waals surface area contributed by atoms with Crippen LogP contribution in [0, 0.1) is 15.1 Å². The van der Waals surface area contributed by atoms with Crippen molar-refractivity contribution in [1.82, 2.24) is 0 Å². The van der Waals surface area contributed by atoms with Crippen molar-refractivity contribution in [2.45, 2.75) is 0 Å². The second-order valence-electron chi connectivity index (χ2n) is 3.77. The SMILES string of the molecule is N#C/C(=C/c1ccc(I)o1)C(=O)Nc1ccc(Br)cc1. The highest BCUT2D eigenvalue weighted by molar-refractivity contribution is 14.1. The molecule has 0 saturated heterocycles. The van der Waals surface area contributed by atoms with Crippen LogP contribution in [0.2, 0.25) is 0 Å². The number of rotatable bonds is 3. The summed E-state index contributed by atoms with van der Waals surface area (Å²) in [6.45, 7) is 0. The van der Waals surface area contributed by atoms with Gasteiger partial charge >= 0.3 is 0 Å². The lowest BCUT2D eigenvalue weighted by atomic mass is 10.2. The van der Waals surface area contributed by atoms with Crippen LogP contribution in [0.15, 0.2) is 50.9 Å². The monoisotopic (exact) mass is 442 g/mol. The highest BCUT2D eigenvalue weighted by Gasteiger charge is 2.10. The van der Waals surface area contributed by atoms with Gasteiger partial charge in [0.2, 0.25) is 0 Å². The van der Waals surface area contributed by atoms with E-state index in [1.807, 2.05) is 28.7 Å². The fraction of sp³-hybridized carbons (Fsp3) is 0. The summed E-state index contributed by atoms with van der Waals surface area (Å²) in [5, 5.41) is 11.7. The summed E-state index contributed by atoms with van der Waals surface area (Å²) in [6.07, 6.45) is 1.41. The Morgan fingerprint density at radius 3 is 2.55 bits per heavy atom. The van der Waals surface area contributed by atoms with Crippen LogP contribution in [0.5, 0.6) is 0 Å². The Morgan fingerprint density at radius 1 is 1.30 bits per heavy atom. The average Bonchev–Trinajstić information content (AvgIpc) is 2.84. The minimum atomic E-state index is -0.471. The first kappa shape index (κ1) is 14.8. The van der Waals surface area contributed by atoms with E-state index < -0.39 is 5.91 Å². The number of carbonyl (C=O) groups is 1. The summed E-state index contributed by atoms with van der Waals surface area (Å²) in [7, 11) is 0. The number of nitriles is 1. The lowest BCUT2D eigenvalue weighted by Crippen LogP contribution is -2.13. The number of carbonyl (C=O) groups excluding carboxylic acids is 1. The Balaban J connectivity index is 2.16. The molecule has 0 bridgehead atoms. The first-order chi connectivity index (χ1) is 9.58. The van der Waals surface area contributed by atoms with Crippen molar-refractivity contribution in [2.75, 3.05) is 5.32 Å². The number of amides is 1. The number of hydrogen-bond acceptors (Lipinski definition) is 3. The van der Waals surface area contributed by atoms with Crippen LogP contribution in [0.25, 0.3) is 6.08 Å². The van der Waals surface area contributed by atoms with Crippen LogP contribution in [0.1, 0.15) is 5.76 Å². The zero-order valence-corrected chi connectivity index (χ0v) is 13.8. The molecule has 0 aliphatic heterocycles. The molecule has 4 nitrogen and oxygen atoms in total. The van der Waals surface area contributed by atoms with E-state index in [-0.39, 0.29) is 5.57 Å². The van der Waals surface area contributed by atoms with E-state index in [1.54, 1.807) is 36.4 Å². The molecule has 0 radical (unpaired) electrons. The van der Waals surface area contributed by atoms with E-state index in [0.29, 0.717) is 15.2 Å². The van der Waals surface area contributed by atoms with Crippen LogP contribution in [0.4, 0.5) is 5.69 Å². The Hall–Kier alpha value is -1.59. The van der Waals surface area contributed by atoms with Crippen molar-refractivity contribution in [2.24, 2.45) is 0 Å². The van der Waals surface area contributed by atoms with Crippen molar-refractivity contribution in [3.63, 3.8) is 0 Å². The molecule has 100 valence electrons. The lowest BCUT2D eigenvalue weighted by Gasteiger charge is -2.03. The van der Waals surface area contributed by atoms with Gasteiger partial charge in [0.25, 0.3) is 5.91 Å². The van der Waals surface area contributed by atoms with E-state index >= 15 is 0 Å². The Labute approximate surface area is 137 Å². The summed E-state index contributed by atoms with van der Waals surface area (Å²) < 4.78 is 6.91. The Morgan fingerprint density at radius 2 is 2.00 bits per heavy atom. The van der Waals surface area contributed by atoms with E-state index in [0.717, 1.165) is 4.47 Å². The molecule has 1 N–H and O–H groups in total. The minimum Gasteiger partial charge on any atom is -0.451 e. The van der Waals surface area contributed by atoms with E-state index in [4.69, 9.17) is 9.68 Å². The van der Waals surface area contributed by atoms with Crippen LogP contribution in [0.3, 0.4) is 0 Å². The van der Waals surface area contributed by atoms with Gasteiger partial charge in [-0.3, -0.25) is 4.79 Å². The van der Waals surface area contributed by atoms with E-state index in [9.17, 15) is 4.79 Å². The van der Waals surface area contributed by atoms with Crippen molar-refractivity contribution >= 4 is 56.2 Å². The smallest absolute Gasteiger partial charge is 0.266 e. The number of nitrogens with zero attached hydrogens (tertiary/aromatic N) is 1. The molecule has 1 amide bonds. The summed E-state index contributed by atoms with van der Waals surface area (Å²) >= 11 is 5.33. The summed E-state index contributed by atoms with van der Waals surface area (Å²) in [4.78, 5) is 12.0. The highest BCUT2D eigenvalue weighted by Crippen LogP contribution is 2.17. The van der Waals surface area contributed by atoms with Gasteiger partial charge in [0.15, 0.2) is 3.77 Å². The molecule has 1 heterocycles. The van der Waals surface area contributed by atoms with Crippen LogP contribution in [-0.4, -0.2) is 5.91 Å². The lowest BCUT2D eigenvalue weighted by molar-refractivity contribution is -0.112. The number of hydrogen-bond donors (Lipinski definition) is 1. The third-order valence-corrected chi connectivity index (χ3v) is 3.46. The van der Waals surface area contributed by atoms with Gasteiger partial charge < -0.3 is 9.73 Å². The molecule has 1 aromatic carbocycles. The predicted molar refractivity (Wildman–Crippen MR) is 87.8 cm³/mol. The Bertz CT molecular complexity index is 699. The number of nitrogens with one attached hydrogen (secondary N) is 1. The third kappa shape index (κ3) is 3.95. The zero-order valence-electron chi connectivity index (χ0n) is 10.1. The normalized spacial score (nSPS) is 10.9. The van der Waals surface area contributed by atoms with Gasteiger partial charge in [-0.1, -0.05) is 15.9 Å². The number of benzene rings is 1. The summed E-state index contributed by atoms with van der Waals surface area (Å²) in [6, 6.07) is 12.4. The molecule has 0 unspecified atom stereocenters. The summed E-state index contributed by atoms with van der Waals surface area (Å²) in [5.74, 6) is -0.00173. The van der Waals surface area contributed by atoms with Gasteiger partial charge in [-0.15, -0.1) is 0 Å². The quantitative estimate of drug-likeness (QED) is 0.440. The fourth-order valence-electron chi connectivity index (χ4n) is 1.43. The molecule has 20 heavy (non-hydrogen) atoms. The topological polar surface area (TPSA) is 66.0 Å². The molecule has 0 aliphatic carbocycles. The average molecular weight is 443 g/mol. The molecule has 2 aromatic rings. The highest BCUT2D eigenvalue weighted by atomic mass is 127. The maximum atomic E-state index is 12.0. The number of halogens is 2. The first-order valence-electron chi connectivity index (χ1n) is 5.52. The maximum absolute atomic E-state index is 12.0. The van der Waals surface area contributed by atoms with Gasteiger partial charge in [0.1, 0.15) is 17.4 Å².